The quantitative estimate of drug-likeness (QED) is 0.401. The lowest BCUT2D eigenvalue weighted by atomic mass is 10.0. The number of rotatable bonds is 5. The maximum absolute atomic E-state index is 6.26. The SMILES string of the molecule is Cn1ccc(-c2cn(-c3cncc(CCc4ccc5ccc(N)nc5c4)c3)c3ncnc(N)c23)n1. The third kappa shape index (κ3) is 3.82. The molecular weight excluding hydrogens is 438 g/mol. The highest BCUT2D eigenvalue weighted by molar-refractivity contribution is 6.00. The van der Waals surface area contributed by atoms with Gasteiger partial charge in [0.15, 0.2) is 5.65 Å². The van der Waals surface area contributed by atoms with Crippen molar-refractivity contribution in [2.45, 2.75) is 12.8 Å². The fraction of sp³-hybridized carbons (Fsp3) is 0.115. The normalized spacial score (nSPS) is 11.5. The van der Waals surface area contributed by atoms with E-state index in [9.17, 15) is 0 Å². The first-order valence-electron chi connectivity index (χ1n) is 11.3. The van der Waals surface area contributed by atoms with Crippen LogP contribution in [0.3, 0.4) is 0 Å². The second-order valence-corrected chi connectivity index (χ2v) is 8.56. The summed E-state index contributed by atoms with van der Waals surface area (Å²) in [6.45, 7) is 0. The number of hydrogen-bond acceptors (Lipinski definition) is 7. The predicted octanol–water partition coefficient (Wildman–Crippen LogP) is 3.71. The van der Waals surface area contributed by atoms with Gasteiger partial charge in [0.2, 0.25) is 0 Å². The van der Waals surface area contributed by atoms with Gasteiger partial charge in [-0.2, -0.15) is 5.10 Å². The number of nitrogens with zero attached hydrogens (tertiary/aromatic N) is 7. The summed E-state index contributed by atoms with van der Waals surface area (Å²) in [6.07, 6.45) is 10.8. The highest BCUT2D eigenvalue weighted by atomic mass is 15.2. The van der Waals surface area contributed by atoms with Crippen LogP contribution in [0.4, 0.5) is 11.6 Å². The van der Waals surface area contributed by atoms with Crippen molar-refractivity contribution in [1.29, 1.82) is 0 Å². The molecule has 0 atom stereocenters. The summed E-state index contributed by atoms with van der Waals surface area (Å²) >= 11 is 0. The van der Waals surface area contributed by atoms with Gasteiger partial charge in [-0.1, -0.05) is 12.1 Å². The van der Waals surface area contributed by atoms with E-state index >= 15 is 0 Å². The molecule has 0 radical (unpaired) electrons. The summed E-state index contributed by atoms with van der Waals surface area (Å²) in [4.78, 5) is 17.7. The highest BCUT2D eigenvalue weighted by Gasteiger charge is 2.18. The fourth-order valence-corrected chi connectivity index (χ4v) is 4.40. The van der Waals surface area contributed by atoms with Gasteiger partial charge >= 0.3 is 0 Å². The van der Waals surface area contributed by atoms with Crippen LogP contribution in [0.1, 0.15) is 11.1 Å². The first-order chi connectivity index (χ1) is 17.0. The van der Waals surface area contributed by atoms with Crippen molar-refractivity contribution in [2.75, 3.05) is 11.5 Å². The van der Waals surface area contributed by atoms with Gasteiger partial charge in [-0.25, -0.2) is 15.0 Å². The summed E-state index contributed by atoms with van der Waals surface area (Å²) in [5.41, 5.74) is 18.7. The number of anilines is 2. The van der Waals surface area contributed by atoms with E-state index in [2.05, 4.69) is 49.3 Å². The van der Waals surface area contributed by atoms with Crippen molar-refractivity contribution >= 4 is 33.6 Å². The molecule has 5 heterocycles. The third-order valence-electron chi connectivity index (χ3n) is 6.14. The van der Waals surface area contributed by atoms with Crippen molar-refractivity contribution < 1.29 is 0 Å². The molecule has 9 nitrogen and oxygen atoms in total. The molecule has 0 aliphatic carbocycles. The Morgan fingerprint density at radius 2 is 1.77 bits per heavy atom. The minimum Gasteiger partial charge on any atom is -0.384 e. The number of hydrogen-bond donors (Lipinski definition) is 2. The minimum atomic E-state index is 0.420. The van der Waals surface area contributed by atoms with E-state index in [1.165, 1.54) is 11.9 Å². The molecule has 0 saturated heterocycles. The molecule has 0 aliphatic rings. The van der Waals surface area contributed by atoms with Crippen LogP contribution >= 0.6 is 0 Å². The summed E-state index contributed by atoms with van der Waals surface area (Å²) in [7, 11) is 1.89. The molecular formula is C26H23N9. The number of aromatic nitrogens is 7. The Hall–Kier alpha value is -4.79. The van der Waals surface area contributed by atoms with Crippen LogP contribution in [0.15, 0.2) is 73.6 Å². The summed E-state index contributed by atoms with van der Waals surface area (Å²) in [5.74, 6) is 0.948. The van der Waals surface area contributed by atoms with E-state index in [0.29, 0.717) is 11.6 Å². The zero-order chi connectivity index (χ0) is 23.9. The summed E-state index contributed by atoms with van der Waals surface area (Å²) in [6, 6.07) is 14.2. The average Bonchev–Trinajstić information content (AvgIpc) is 3.47. The molecule has 172 valence electrons. The molecule has 6 aromatic rings. The number of pyridine rings is 2. The van der Waals surface area contributed by atoms with Gasteiger partial charge in [-0.15, -0.1) is 0 Å². The van der Waals surface area contributed by atoms with Gasteiger partial charge < -0.3 is 11.5 Å². The van der Waals surface area contributed by atoms with Crippen LogP contribution in [0.2, 0.25) is 0 Å². The number of benzene rings is 1. The average molecular weight is 462 g/mol. The number of nitrogens with two attached hydrogens (primary N) is 2. The van der Waals surface area contributed by atoms with Crippen molar-refractivity contribution in [2.24, 2.45) is 7.05 Å². The summed E-state index contributed by atoms with van der Waals surface area (Å²) in [5, 5.41) is 6.41. The molecule has 0 bridgehead atoms. The molecule has 4 N–H and O–H groups in total. The second kappa shape index (κ2) is 8.21. The lowest BCUT2D eigenvalue weighted by Crippen LogP contribution is -1.99. The predicted molar refractivity (Wildman–Crippen MR) is 137 cm³/mol. The Bertz CT molecular complexity index is 1700. The number of nitrogen functional groups attached to an aromatic ring is 2. The molecule has 0 spiro atoms. The van der Waals surface area contributed by atoms with E-state index in [0.717, 1.165) is 57.3 Å². The molecule has 5 aromatic heterocycles. The van der Waals surface area contributed by atoms with Crippen LogP contribution in [-0.4, -0.2) is 34.3 Å². The van der Waals surface area contributed by atoms with Gasteiger partial charge in [0, 0.05) is 36.6 Å². The van der Waals surface area contributed by atoms with Crippen LogP contribution in [-0.2, 0) is 19.9 Å². The molecule has 0 fully saturated rings. The topological polar surface area (TPSA) is 126 Å². The van der Waals surface area contributed by atoms with Gasteiger partial charge in [-0.05, 0) is 54.3 Å². The van der Waals surface area contributed by atoms with Crippen LogP contribution < -0.4 is 11.5 Å². The smallest absolute Gasteiger partial charge is 0.150 e. The van der Waals surface area contributed by atoms with Crippen LogP contribution in [0.25, 0.3) is 38.9 Å². The molecule has 9 heteroatoms. The Balaban J connectivity index is 1.34. The number of fused-ring (bicyclic) bond motifs is 2. The molecule has 0 unspecified atom stereocenters. The largest absolute Gasteiger partial charge is 0.384 e. The van der Waals surface area contributed by atoms with Crippen molar-refractivity contribution in [3.63, 3.8) is 0 Å². The Morgan fingerprint density at radius 3 is 2.63 bits per heavy atom. The summed E-state index contributed by atoms with van der Waals surface area (Å²) < 4.78 is 3.76. The van der Waals surface area contributed by atoms with E-state index in [-0.39, 0.29) is 0 Å². The van der Waals surface area contributed by atoms with E-state index in [1.807, 2.05) is 54.6 Å². The Kier molecular flexibility index (Phi) is 4.88. The second-order valence-electron chi connectivity index (χ2n) is 8.56. The molecule has 6 rings (SSSR count). The molecule has 0 aliphatic heterocycles. The first-order valence-corrected chi connectivity index (χ1v) is 11.3. The fourth-order valence-electron chi connectivity index (χ4n) is 4.40. The Labute approximate surface area is 201 Å². The van der Waals surface area contributed by atoms with Crippen molar-refractivity contribution in [3.05, 3.63) is 84.7 Å². The van der Waals surface area contributed by atoms with Gasteiger partial charge in [0.05, 0.1) is 28.5 Å². The minimum absolute atomic E-state index is 0.420. The molecule has 0 amide bonds. The standard InChI is InChI=1S/C26H23N9/c1-34-9-8-21(33-34)20-14-35(26-24(20)25(28)30-15-31-26)19-10-17(12-29-13-19)3-2-16-4-5-18-6-7-23(27)32-22(18)11-16/h4-15H,2-3H2,1H3,(H2,27,32)(H2,28,30,31). The van der Waals surface area contributed by atoms with E-state index in [4.69, 9.17) is 11.5 Å². The maximum Gasteiger partial charge on any atom is 0.150 e. The van der Waals surface area contributed by atoms with Crippen LogP contribution in [0.5, 0.6) is 0 Å². The van der Waals surface area contributed by atoms with Gasteiger partial charge in [0.25, 0.3) is 0 Å². The maximum atomic E-state index is 6.26. The van der Waals surface area contributed by atoms with Crippen molar-refractivity contribution in [3.8, 4) is 16.9 Å². The monoisotopic (exact) mass is 461 g/mol. The van der Waals surface area contributed by atoms with E-state index < -0.39 is 0 Å². The number of aryl methyl sites for hydroxylation is 3. The zero-order valence-corrected chi connectivity index (χ0v) is 19.1. The zero-order valence-electron chi connectivity index (χ0n) is 19.1. The highest BCUT2D eigenvalue weighted by Crippen LogP contribution is 2.33. The lowest BCUT2D eigenvalue weighted by Gasteiger charge is -2.08. The van der Waals surface area contributed by atoms with Crippen LogP contribution in [0, 0.1) is 0 Å². The molecule has 1 aromatic carbocycles. The first kappa shape index (κ1) is 20.8. The van der Waals surface area contributed by atoms with E-state index in [1.54, 1.807) is 4.68 Å². The van der Waals surface area contributed by atoms with Gasteiger partial charge in [-0.3, -0.25) is 14.2 Å². The Morgan fingerprint density at radius 1 is 0.914 bits per heavy atom. The lowest BCUT2D eigenvalue weighted by molar-refractivity contribution is 0.771. The molecule has 0 saturated carbocycles. The van der Waals surface area contributed by atoms with Gasteiger partial charge in [0.1, 0.15) is 18.0 Å². The third-order valence-corrected chi connectivity index (χ3v) is 6.14. The van der Waals surface area contributed by atoms with Crippen molar-refractivity contribution in [1.82, 2.24) is 34.3 Å². The molecule has 35 heavy (non-hydrogen) atoms.